The summed E-state index contributed by atoms with van der Waals surface area (Å²) in [7, 11) is 2.21. The molecule has 114 valence electrons. The van der Waals surface area contributed by atoms with Gasteiger partial charge in [-0.25, -0.2) is 0 Å². The van der Waals surface area contributed by atoms with Crippen molar-refractivity contribution < 1.29 is 0 Å². The standard InChI is InChI=1S/C15H34N4/c1-5-6-19(14-15(2,3)13-16)12-11-18-9-7-17(4)8-10-18/h5-14,16H2,1-4H3. The Labute approximate surface area is 119 Å². The summed E-state index contributed by atoms with van der Waals surface area (Å²) in [4.78, 5) is 7.60. The van der Waals surface area contributed by atoms with Gasteiger partial charge >= 0.3 is 0 Å². The van der Waals surface area contributed by atoms with Crippen molar-refractivity contribution in [2.45, 2.75) is 27.2 Å². The van der Waals surface area contributed by atoms with Crippen molar-refractivity contribution in [3.8, 4) is 0 Å². The second-order valence-corrected chi connectivity index (χ2v) is 6.79. The molecule has 0 bridgehead atoms. The predicted octanol–water partition coefficient (Wildman–Crippen LogP) is 0.931. The van der Waals surface area contributed by atoms with Gasteiger partial charge in [0.1, 0.15) is 0 Å². The third-order valence-electron chi connectivity index (χ3n) is 4.07. The van der Waals surface area contributed by atoms with Crippen molar-refractivity contribution in [2.75, 3.05) is 66.0 Å². The van der Waals surface area contributed by atoms with Crippen LogP contribution < -0.4 is 5.73 Å². The smallest absolute Gasteiger partial charge is 0.0110 e. The van der Waals surface area contributed by atoms with Crippen LogP contribution in [0.1, 0.15) is 27.2 Å². The van der Waals surface area contributed by atoms with E-state index in [0.717, 1.165) is 13.1 Å². The molecule has 1 aliphatic heterocycles. The molecule has 0 spiro atoms. The molecule has 0 aliphatic carbocycles. The van der Waals surface area contributed by atoms with Crippen molar-refractivity contribution in [3.05, 3.63) is 0 Å². The number of hydrogen-bond donors (Lipinski definition) is 1. The molecular weight excluding hydrogens is 236 g/mol. The highest BCUT2D eigenvalue weighted by Crippen LogP contribution is 2.15. The molecule has 1 aliphatic rings. The van der Waals surface area contributed by atoms with Crippen LogP contribution in [0.4, 0.5) is 0 Å². The van der Waals surface area contributed by atoms with Gasteiger partial charge in [0.25, 0.3) is 0 Å². The van der Waals surface area contributed by atoms with Crippen LogP contribution in [-0.4, -0.2) is 80.7 Å². The predicted molar refractivity (Wildman–Crippen MR) is 83.5 cm³/mol. The third-order valence-corrected chi connectivity index (χ3v) is 4.07. The van der Waals surface area contributed by atoms with Crippen LogP contribution in [0.5, 0.6) is 0 Å². The topological polar surface area (TPSA) is 35.7 Å². The summed E-state index contributed by atoms with van der Waals surface area (Å²) in [5.74, 6) is 0. The molecule has 0 radical (unpaired) electrons. The zero-order valence-electron chi connectivity index (χ0n) is 13.5. The normalized spacial score (nSPS) is 19.3. The Morgan fingerprint density at radius 1 is 1.11 bits per heavy atom. The molecule has 0 amide bonds. The maximum atomic E-state index is 5.86. The lowest BCUT2D eigenvalue weighted by atomic mass is 9.93. The molecule has 1 saturated heterocycles. The average molecular weight is 270 g/mol. The molecule has 4 nitrogen and oxygen atoms in total. The zero-order valence-corrected chi connectivity index (χ0v) is 13.5. The lowest BCUT2D eigenvalue weighted by molar-refractivity contribution is 0.119. The number of likely N-dealkylation sites (N-methyl/N-ethyl adjacent to an activating group) is 1. The average Bonchev–Trinajstić information content (AvgIpc) is 2.38. The quantitative estimate of drug-likeness (QED) is 0.712. The first kappa shape index (κ1) is 16.9. The summed E-state index contributed by atoms with van der Waals surface area (Å²) < 4.78 is 0. The Balaban J connectivity index is 2.32. The first-order chi connectivity index (χ1) is 8.96. The molecule has 0 saturated carbocycles. The molecule has 2 N–H and O–H groups in total. The van der Waals surface area contributed by atoms with E-state index in [0.29, 0.717) is 0 Å². The molecule has 19 heavy (non-hydrogen) atoms. The molecule has 0 aromatic carbocycles. The molecule has 0 aromatic heterocycles. The van der Waals surface area contributed by atoms with E-state index in [1.807, 2.05) is 0 Å². The molecule has 1 rings (SSSR count). The van der Waals surface area contributed by atoms with E-state index in [1.165, 1.54) is 52.2 Å². The number of hydrogen-bond acceptors (Lipinski definition) is 4. The Morgan fingerprint density at radius 3 is 2.26 bits per heavy atom. The van der Waals surface area contributed by atoms with Gasteiger partial charge in [0, 0.05) is 45.8 Å². The number of piperazine rings is 1. The van der Waals surface area contributed by atoms with Crippen molar-refractivity contribution >= 4 is 0 Å². The lowest BCUT2D eigenvalue weighted by Gasteiger charge is -2.36. The van der Waals surface area contributed by atoms with Crippen molar-refractivity contribution in [1.82, 2.24) is 14.7 Å². The van der Waals surface area contributed by atoms with E-state index in [-0.39, 0.29) is 5.41 Å². The second-order valence-electron chi connectivity index (χ2n) is 6.79. The van der Waals surface area contributed by atoms with E-state index >= 15 is 0 Å². The van der Waals surface area contributed by atoms with Crippen LogP contribution >= 0.6 is 0 Å². The van der Waals surface area contributed by atoms with Gasteiger partial charge in [-0.05, 0) is 32.0 Å². The van der Waals surface area contributed by atoms with Gasteiger partial charge in [-0.15, -0.1) is 0 Å². The van der Waals surface area contributed by atoms with Crippen LogP contribution in [0, 0.1) is 5.41 Å². The minimum absolute atomic E-state index is 0.233. The fourth-order valence-electron chi connectivity index (χ4n) is 2.61. The maximum absolute atomic E-state index is 5.86. The Kier molecular flexibility index (Phi) is 7.29. The Hall–Kier alpha value is -0.160. The third kappa shape index (κ3) is 6.70. The monoisotopic (exact) mass is 270 g/mol. The van der Waals surface area contributed by atoms with Gasteiger partial charge in [0.05, 0.1) is 0 Å². The Morgan fingerprint density at radius 2 is 1.74 bits per heavy atom. The highest BCUT2D eigenvalue weighted by Gasteiger charge is 2.21. The molecule has 1 heterocycles. The highest BCUT2D eigenvalue weighted by atomic mass is 15.3. The van der Waals surface area contributed by atoms with Crippen LogP contribution in [0.25, 0.3) is 0 Å². The maximum Gasteiger partial charge on any atom is 0.0110 e. The summed E-state index contributed by atoms with van der Waals surface area (Å²) in [6, 6.07) is 0. The molecule has 0 atom stereocenters. The molecule has 0 aromatic rings. The van der Waals surface area contributed by atoms with Gasteiger partial charge in [0.15, 0.2) is 0 Å². The van der Waals surface area contributed by atoms with Crippen molar-refractivity contribution in [1.29, 1.82) is 0 Å². The fourth-order valence-corrected chi connectivity index (χ4v) is 2.61. The van der Waals surface area contributed by atoms with Gasteiger partial charge in [0.2, 0.25) is 0 Å². The molecule has 1 fully saturated rings. The van der Waals surface area contributed by atoms with Gasteiger partial charge in [-0.3, -0.25) is 4.90 Å². The van der Waals surface area contributed by atoms with Crippen LogP contribution in [-0.2, 0) is 0 Å². The van der Waals surface area contributed by atoms with Crippen molar-refractivity contribution in [2.24, 2.45) is 11.1 Å². The minimum Gasteiger partial charge on any atom is -0.330 e. The first-order valence-corrected chi connectivity index (χ1v) is 7.80. The van der Waals surface area contributed by atoms with Crippen LogP contribution in [0.2, 0.25) is 0 Å². The van der Waals surface area contributed by atoms with E-state index in [1.54, 1.807) is 0 Å². The Bertz CT molecular complexity index is 234. The van der Waals surface area contributed by atoms with E-state index in [2.05, 4.69) is 42.5 Å². The largest absolute Gasteiger partial charge is 0.330 e. The SMILES string of the molecule is CCCN(CCN1CCN(C)CC1)CC(C)(C)CN. The zero-order chi connectivity index (χ0) is 14.3. The van der Waals surface area contributed by atoms with Crippen LogP contribution in [0.15, 0.2) is 0 Å². The van der Waals surface area contributed by atoms with E-state index in [9.17, 15) is 0 Å². The van der Waals surface area contributed by atoms with Gasteiger partial charge < -0.3 is 15.5 Å². The molecular formula is C15H34N4. The molecule has 0 unspecified atom stereocenters. The summed E-state index contributed by atoms with van der Waals surface area (Å²) >= 11 is 0. The van der Waals surface area contributed by atoms with Gasteiger partial charge in [-0.2, -0.15) is 0 Å². The summed E-state index contributed by atoms with van der Waals surface area (Å²) in [5.41, 5.74) is 6.10. The first-order valence-electron chi connectivity index (χ1n) is 7.80. The summed E-state index contributed by atoms with van der Waals surface area (Å²) in [6.45, 7) is 17.1. The number of nitrogens with two attached hydrogens (primary N) is 1. The summed E-state index contributed by atoms with van der Waals surface area (Å²) in [5, 5.41) is 0. The number of rotatable bonds is 8. The lowest BCUT2D eigenvalue weighted by Crippen LogP contribution is -2.48. The minimum atomic E-state index is 0.233. The van der Waals surface area contributed by atoms with Gasteiger partial charge in [-0.1, -0.05) is 20.8 Å². The fraction of sp³-hybridized carbons (Fsp3) is 1.00. The second kappa shape index (κ2) is 8.20. The summed E-state index contributed by atoms with van der Waals surface area (Å²) in [6.07, 6.45) is 1.23. The number of nitrogens with zero attached hydrogens (tertiary/aromatic N) is 3. The van der Waals surface area contributed by atoms with Crippen molar-refractivity contribution in [3.63, 3.8) is 0 Å². The highest BCUT2D eigenvalue weighted by molar-refractivity contribution is 4.76. The van der Waals surface area contributed by atoms with Crippen LogP contribution in [0.3, 0.4) is 0 Å². The molecule has 4 heteroatoms. The van der Waals surface area contributed by atoms with E-state index < -0.39 is 0 Å². The van der Waals surface area contributed by atoms with E-state index in [4.69, 9.17) is 5.73 Å².